The number of hydrogen-bond acceptors (Lipinski definition) is 4. The van der Waals surface area contributed by atoms with Gasteiger partial charge in [-0.1, -0.05) is 24.4 Å². The first kappa shape index (κ1) is 13.3. The number of rotatable bonds is 4. The van der Waals surface area contributed by atoms with E-state index in [0.717, 1.165) is 5.56 Å². The molecule has 0 atom stereocenters. The predicted octanol–water partition coefficient (Wildman–Crippen LogP) is 2.94. The van der Waals surface area contributed by atoms with Crippen LogP contribution in [0.2, 0.25) is 0 Å². The number of aliphatic hydroxyl groups is 1. The van der Waals surface area contributed by atoms with E-state index in [4.69, 9.17) is 27.3 Å². The average Bonchev–Trinajstić information content (AvgIpc) is 2.42. The molecule has 1 aromatic carbocycles. The Morgan fingerprint density at radius 3 is 2.63 bits per heavy atom. The molecule has 1 heterocycles. The number of aromatic amines is 1. The summed E-state index contributed by atoms with van der Waals surface area (Å²) >= 11 is 5.02. The van der Waals surface area contributed by atoms with Crippen LogP contribution in [0.3, 0.4) is 0 Å². The van der Waals surface area contributed by atoms with E-state index < -0.39 is 0 Å². The number of nitrogens with zero attached hydrogens (tertiary/aromatic N) is 1. The van der Waals surface area contributed by atoms with E-state index in [1.165, 1.54) is 0 Å². The molecule has 1 aromatic heterocycles. The predicted molar refractivity (Wildman–Crippen MR) is 73.6 cm³/mol. The zero-order valence-corrected chi connectivity index (χ0v) is 10.9. The maximum atomic E-state index is 9.05. The normalized spacial score (nSPS) is 9.89. The molecule has 2 rings (SSSR count). The minimum Gasteiger partial charge on any atom is -0.456 e. The topological polar surface area (TPSA) is 69.0 Å². The Morgan fingerprint density at radius 1 is 1.26 bits per heavy atom. The molecule has 0 radical (unpaired) electrons. The van der Waals surface area contributed by atoms with Crippen LogP contribution in [0, 0.1) is 16.0 Å². The van der Waals surface area contributed by atoms with Crippen LogP contribution in [0.25, 0.3) is 0 Å². The second-order valence-corrected chi connectivity index (χ2v) is 4.29. The average molecular weight is 272 g/mol. The first-order valence-electron chi connectivity index (χ1n) is 5.74. The lowest BCUT2D eigenvalue weighted by atomic mass is 10.1. The Hall–Kier alpha value is -2.16. The number of aromatic nitrogens is 1. The number of H-pyrrole nitrogens is 1. The summed E-state index contributed by atoms with van der Waals surface area (Å²) in [5, 5.41) is 17.9. The summed E-state index contributed by atoms with van der Waals surface area (Å²) in [5.41, 5.74) is 1.35. The zero-order chi connectivity index (χ0) is 13.7. The molecule has 4 nitrogen and oxygen atoms in total. The molecule has 0 spiro atoms. The van der Waals surface area contributed by atoms with Crippen LogP contribution < -0.4 is 4.74 Å². The van der Waals surface area contributed by atoms with Crippen molar-refractivity contribution >= 4 is 12.2 Å². The highest BCUT2D eigenvalue weighted by molar-refractivity contribution is 7.71. The number of aliphatic hydroxyl groups excluding tert-OH is 1. The summed E-state index contributed by atoms with van der Waals surface area (Å²) in [6.45, 7) is 0.118. The van der Waals surface area contributed by atoms with Gasteiger partial charge in [0.2, 0.25) is 0 Å². The van der Waals surface area contributed by atoms with Gasteiger partial charge in [0.25, 0.3) is 0 Å². The largest absolute Gasteiger partial charge is 0.456 e. The smallest absolute Gasteiger partial charge is 0.149 e. The monoisotopic (exact) mass is 272 g/mol. The van der Waals surface area contributed by atoms with Crippen molar-refractivity contribution in [2.75, 3.05) is 6.61 Å². The first-order valence-corrected chi connectivity index (χ1v) is 6.15. The summed E-state index contributed by atoms with van der Waals surface area (Å²) in [6, 6.07) is 11.0. The van der Waals surface area contributed by atoms with Crippen LogP contribution in [0.5, 0.6) is 11.5 Å². The lowest BCUT2D eigenvalue weighted by Gasteiger charge is -2.07. The molecule has 0 aliphatic rings. The van der Waals surface area contributed by atoms with Crippen molar-refractivity contribution in [1.29, 1.82) is 5.26 Å². The number of benzene rings is 1. The van der Waals surface area contributed by atoms with E-state index >= 15 is 0 Å². The molecule has 2 aromatic rings. The summed E-state index contributed by atoms with van der Waals surface area (Å²) in [5.74, 6) is 1.06. The second kappa shape index (κ2) is 6.14. The van der Waals surface area contributed by atoms with Gasteiger partial charge < -0.3 is 14.8 Å². The van der Waals surface area contributed by atoms with Crippen LogP contribution in [-0.4, -0.2) is 16.7 Å². The fourth-order valence-corrected chi connectivity index (χ4v) is 1.85. The van der Waals surface area contributed by atoms with E-state index in [1.807, 2.05) is 18.2 Å². The van der Waals surface area contributed by atoms with Crippen LogP contribution in [0.1, 0.15) is 11.1 Å². The highest BCUT2D eigenvalue weighted by Gasteiger charge is 2.06. The van der Waals surface area contributed by atoms with E-state index in [0.29, 0.717) is 28.1 Å². The van der Waals surface area contributed by atoms with Gasteiger partial charge in [-0.2, -0.15) is 5.26 Å². The Kier molecular flexibility index (Phi) is 4.29. The summed E-state index contributed by atoms with van der Waals surface area (Å²) in [6.07, 6.45) is 2.25. The lowest BCUT2D eigenvalue weighted by molar-refractivity contribution is 0.299. The van der Waals surface area contributed by atoms with Gasteiger partial charge in [0.05, 0.1) is 0 Å². The Bertz CT molecular complexity index is 656. The molecule has 5 heteroatoms. The van der Waals surface area contributed by atoms with Crippen LogP contribution in [0.4, 0.5) is 0 Å². The zero-order valence-electron chi connectivity index (χ0n) is 10.1. The molecule has 0 unspecified atom stereocenters. The van der Waals surface area contributed by atoms with Gasteiger partial charge in [-0.25, -0.2) is 0 Å². The third kappa shape index (κ3) is 3.19. The number of nitriles is 1. The summed E-state index contributed by atoms with van der Waals surface area (Å²) in [7, 11) is 0. The molecule has 96 valence electrons. The fraction of sp³-hybridized carbons (Fsp3) is 0.143. The summed E-state index contributed by atoms with van der Waals surface area (Å²) in [4.78, 5) is 2.79. The molecule has 0 aliphatic carbocycles. The SMILES string of the molecule is N#Cc1c(Oc2ccc(CCO)cc2)cc[nH]c1=S. The molecule has 2 N–H and O–H groups in total. The number of nitrogens with one attached hydrogen (secondary N) is 1. The Labute approximate surface area is 115 Å². The second-order valence-electron chi connectivity index (χ2n) is 3.88. The molecule has 0 amide bonds. The maximum Gasteiger partial charge on any atom is 0.149 e. The van der Waals surface area contributed by atoms with Gasteiger partial charge >= 0.3 is 0 Å². The van der Waals surface area contributed by atoms with Gasteiger partial charge in [-0.15, -0.1) is 0 Å². The number of ether oxygens (including phenoxy) is 1. The molecular weight excluding hydrogens is 260 g/mol. The van der Waals surface area contributed by atoms with E-state index in [9.17, 15) is 0 Å². The van der Waals surface area contributed by atoms with Crippen molar-refractivity contribution in [3.63, 3.8) is 0 Å². The van der Waals surface area contributed by atoms with Gasteiger partial charge in [0.15, 0.2) is 0 Å². The van der Waals surface area contributed by atoms with Crippen molar-refractivity contribution in [1.82, 2.24) is 4.98 Å². The Balaban J connectivity index is 2.24. The quantitative estimate of drug-likeness (QED) is 0.840. The van der Waals surface area contributed by atoms with Crippen molar-refractivity contribution in [2.45, 2.75) is 6.42 Å². The van der Waals surface area contributed by atoms with Gasteiger partial charge in [0.1, 0.15) is 27.8 Å². The van der Waals surface area contributed by atoms with E-state index in [2.05, 4.69) is 4.98 Å². The molecule has 0 fully saturated rings. The molecule has 0 saturated carbocycles. The van der Waals surface area contributed by atoms with Gasteiger partial charge in [-0.05, 0) is 30.2 Å². The minimum atomic E-state index is 0.118. The molecule has 0 saturated heterocycles. The van der Waals surface area contributed by atoms with Crippen LogP contribution >= 0.6 is 12.2 Å². The summed E-state index contributed by atoms with van der Waals surface area (Å²) < 4.78 is 6.00. The molecular formula is C14H12N2O2S. The van der Waals surface area contributed by atoms with E-state index in [1.54, 1.807) is 24.4 Å². The van der Waals surface area contributed by atoms with Crippen LogP contribution in [-0.2, 0) is 6.42 Å². The fourth-order valence-electron chi connectivity index (χ4n) is 1.63. The first-order chi connectivity index (χ1) is 9.24. The van der Waals surface area contributed by atoms with Gasteiger partial charge in [-0.3, -0.25) is 0 Å². The third-order valence-electron chi connectivity index (χ3n) is 2.59. The van der Waals surface area contributed by atoms with Crippen molar-refractivity contribution < 1.29 is 9.84 Å². The highest BCUT2D eigenvalue weighted by Crippen LogP contribution is 2.25. The minimum absolute atomic E-state index is 0.118. The number of pyridine rings is 1. The third-order valence-corrected chi connectivity index (χ3v) is 2.91. The van der Waals surface area contributed by atoms with Gasteiger partial charge in [0, 0.05) is 12.8 Å². The lowest BCUT2D eigenvalue weighted by Crippen LogP contribution is -1.92. The highest BCUT2D eigenvalue weighted by atomic mass is 32.1. The van der Waals surface area contributed by atoms with Crippen LogP contribution in [0.15, 0.2) is 36.5 Å². The van der Waals surface area contributed by atoms with Crippen molar-refractivity contribution in [2.24, 2.45) is 0 Å². The number of hydrogen-bond donors (Lipinski definition) is 2. The standard InChI is InChI=1S/C14H12N2O2S/c15-9-12-13(5-7-16-14(12)19)18-11-3-1-10(2-4-11)6-8-17/h1-5,7,17H,6,8H2,(H,16,19). The molecule has 0 aliphatic heterocycles. The molecule has 19 heavy (non-hydrogen) atoms. The van der Waals surface area contributed by atoms with Crippen molar-refractivity contribution in [3.8, 4) is 17.6 Å². The maximum absolute atomic E-state index is 9.05. The van der Waals surface area contributed by atoms with Crippen molar-refractivity contribution in [3.05, 3.63) is 52.3 Å². The van der Waals surface area contributed by atoms with E-state index in [-0.39, 0.29) is 6.61 Å². The Morgan fingerprint density at radius 2 is 2.00 bits per heavy atom. The molecule has 0 bridgehead atoms.